The Labute approximate surface area is 170 Å². The summed E-state index contributed by atoms with van der Waals surface area (Å²) in [7, 11) is 1.69. The maximum Gasteiger partial charge on any atom is 0.410 e. The van der Waals surface area contributed by atoms with Crippen molar-refractivity contribution in [3.63, 3.8) is 0 Å². The standard InChI is InChI=1S/C22H29N3O4/c1-6-16-18-17(12-13-24(16)21(28)29-22(2,3)4)23(5)20(27)25(19(18)26)14-15-10-8-7-9-11-15/h7-11,16H,6,12-14H2,1-5H3. The van der Waals surface area contributed by atoms with Crippen molar-refractivity contribution < 1.29 is 9.53 Å². The van der Waals surface area contributed by atoms with Crippen LogP contribution < -0.4 is 11.2 Å². The third kappa shape index (κ3) is 4.13. The third-order valence-corrected chi connectivity index (χ3v) is 5.21. The fourth-order valence-corrected chi connectivity index (χ4v) is 3.88. The van der Waals surface area contributed by atoms with E-state index >= 15 is 0 Å². The molecule has 1 aromatic heterocycles. The molecule has 7 heteroatoms. The molecule has 29 heavy (non-hydrogen) atoms. The molecule has 1 aromatic carbocycles. The van der Waals surface area contributed by atoms with Crippen molar-refractivity contribution >= 4 is 6.09 Å². The second-order valence-electron chi connectivity index (χ2n) is 8.43. The number of carbonyl (C=O) groups excluding carboxylic acids is 1. The zero-order valence-electron chi connectivity index (χ0n) is 17.8. The molecule has 156 valence electrons. The summed E-state index contributed by atoms with van der Waals surface area (Å²) in [6.45, 7) is 8.00. The molecule has 2 aromatic rings. The van der Waals surface area contributed by atoms with Crippen molar-refractivity contribution in [2.75, 3.05) is 6.54 Å². The van der Waals surface area contributed by atoms with Gasteiger partial charge >= 0.3 is 11.8 Å². The smallest absolute Gasteiger partial charge is 0.410 e. The lowest BCUT2D eigenvalue weighted by Gasteiger charge is -2.37. The fourth-order valence-electron chi connectivity index (χ4n) is 3.88. The maximum absolute atomic E-state index is 13.4. The molecular weight excluding hydrogens is 370 g/mol. The lowest BCUT2D eigenvalue weighted by atomic mass is 9.95. The Morgan fingerprint density at radius 3 is 2.41 bits per heavy atom. The summed E-state index contributed by atoms with van der Waals surface area (Å²) >= 11 is 0. The van der Waals surface area contributed by atoms with E-state index < -0.39 is 17.7 Å². The number of rotatable bonds is 3. The first kappa shape index (κ1) is 20.9. The van der Waals surface area contributed by atoms with Crippen molar-refractivity contribution in [1.82, 2.24) is 14.0 Å². The number of fused-ring (bicyclic) bond motifs is 1. The highest BCUT2D eigenvalue weighted by atomic mass is 16.6. The van der Waals surface area contributed by atoms with E-state index in [9.17, 15) is 14.4 Å². The van der Waals surface area contributed by atoms with Gasteiger partial charge in [-0.05, 0) is 32.8 Å². The van der Waals surface area contributed by atoms with E-state index in [4.69, 9.17) is 4.74 Å². The molecule has 0 radical (unpaired) electrons. The highest BCUT2D eigenvalue weighted by Crippen LogP contribution is 2.30. The van der Waals surface area contributed by atoms with Crippen molar-refractivity contribution in [2.45, 2.75) is 58.7 Å². The van der Waals surface area contributed by atoms with Crippen molar-refractivity contribution in [2.24, 2.45) is 7.05 Å². The number of ether oxygens (including phenoxy) is 1. The molecule has 3 rings (SSSR count). The van der Waals surface area contributed by atoms with Crippen LogP contribution in [-0.4, -0.2) is 32.3 Å². The molecule has 1 unspecified atom stereocenters. The molecule has 0 saturated carbocycles. The number of nitrogens with zero attached hydrogens (tertiary/aromatic N) is 3. The number of hydrogen-bond donors (Lipinski definition) is 0. The van der Waals surface area contributed by atoms with E-state index in [1.54, 1.807) is 16.5 Å². The molecular formula is C22H29N3O4. The first-order chi connectivity index (χ1) is 13.6. The van der Waals surface area contributed by atoms with Gasteiger partial charge < -0.3 is 14.2 Å². The van der Waals surface area contributed by atoms with Crippen LogP contribution in [0, 0.1) is 0 Å². The lowest BCUT2D eigenvalue weighted by molar-refractivity contribution is 0.0130. The first-order valence-electron chi connectivity index (χ1n) is 10.00. The number of amides is 1. The minimum atomic E-state index is -0.618. The van der Waals surface area contributed by atoms with Gasteiger partial charge in [-0.25, -0.2) is 9.59 Å². The normalized spacial score (nSPS) is 16.4. The van der Waals surface area contributed by atoms with Crippen LogP contribution in [0.5, 0.6) is 0 Å². The molecule has 1 aliphatic rings. The summed E-state index contributed by atoms with van der Waals surface area (Å²) in [4.78, 5) is 40.6. The Bertz CT molecular complexity index is 1020. The van der Waals surface area contributed by atoms with Gasteiger partial charge in [0.15, 0.2) is 0 Å². The van der Waals surface area contributed by atoms with Gasteiger partial charge in [0.1, 0.15) is 5.60 Å². The Kier molecular flexibility index (Phi) is 5.68. The Hall–Kier alpha value is -2.83. The van der Waals surface area contributed by atoms with Gasteiger partial charge in [-0.2, -0.15) is 0 Å². The molecule has 0 bridgehead atoms. The van der Waals surface area contributed by atoms with Gasteiger partial charge in [0.2, 0.25) is 0 Å². The Morgan fingerprint density at radius 1 is 1.17 bits per heavy atom. The van der Waals surface area contributed by atoms with Crippen LogP contribution in [0.4, 0.5) is 4.79 Å². The van der Waals surface area contributed by atoms with Crippen molar-refractivity contribution in [3.05, 3.63) is 68.0 Å². The SMILES string of the molecule is CCC1c2c(n(C)c(=O)n(Cc3ccccc3)c2=O)CCN1C(=O)OC(C)(C)C. The first-order valence-corrected chi connectivity index (χ1v) is 10.00. The monoisotopic (exact) mass is 399 g/mol. The third-order valence-electron chi connectivity index (χ3n) is 5.21. The largest absolute Gasteiger partial charge is 0.444 e. The van der Waals surface area contributed by atoms with E-state index in [1.165, 1.54) is 4.57 Å². The minimum Gasteiger partial charge on any atom is -0.444 e. The van der Waals surface area contributed by atoms with E-state index in [0.29, 0.717) is 30.6 Å². The maximum atomic E-state index is 13.4. The van der Waals surface area contributed by atoms with Crippen molar-refractivity contribution in [3.8, 4) is 0 Å². The highest BCUT2D eigenvalue weighted by Gasteiger charge is 2.36. The molecule has 7 nitrogen and oxygen atoms in total. The van der Waals surface area contributed by atoms with Crippen molar-refractivity contribution in [1.29, 1.82) is 0 Å². The van der Waals surface area contributed by atoms with Gasteiger partial charge in [-0.3, -0.25) is 9.36 Å². The summed E-state index contributed by atoms with van der Waals surface area (Å²) in [5.74, 6) is 0. The molecule has 1 aliphatic heterocycles. The lowest BCUT2D eigenvalue weighted by Crippen LogP contribution is -2.50. The number of aromatic nitrogens is 2. The second-order valence-corrected chi connectivity index (χ2v) is 8.43. The van der Waals surface area contributed by atoms with Gasteiger partial charge in [-0.1, -0.05) is 37.3 Å². The quantitative estimate of drug-likeness (QED) is 0.796. The average Bonchev–Trinajstić information content (AvgIpc) is 2.67. The molecule has 0 N–H and O–H groups in total. The Morgan fingerprint density at radius 2 is 1.83 bits per heavy atom. The molecule has 0 fully saturated rings. The number of carbonyl (C=O) groups is 1. The second kappa shape index (κ2) is 7.89. The topological polar surface area (TPSA) is 73.5 Å². The average molecular weight is 399 g/mol. The predicted octanol–water partition coefficient (Wildman–Crippen LogP) is 2.84. The van der Waals surface area contributed by atoms with Crippen LogP contribution in [0.25, 0.3) is 0 Å². The van der Waals surface area contributed by atoms with Crippen LogP contribution in [-0.2, 0) is 24.8 Å². The molecule has 2 heterocycles. The summed E-state index contributed by atoms with van der Waals surface area (Å²) in [5.41, 5.74) is 0.815. The van der Waals surface area contributed by atoms with Gasteiger partial charge in [-0.15, -0.1) is 0 Å². The predicted molar refractivity (Wildman–Crippen MR) is 111 cm³/mol. The molecule has 1 amide bonds. The van der Waals surface area contributed by atoms with E-state index in [-0.39, 0.29) is 17.8 Å². The van der Waals surface area contributed by atoms with Crippen LogP contribution in [0.15, 0.2) is 39.9 Å². The zero-order chi connectivity index (χ0) is 21.3. The Balaban J connectivity index is 2.09. The van der Waals surface area contributed by atoms with Gasteiger partial charge in [0.25, 0.3) is 5.56 Å². The summed E-state index contributed by atoms with van der Waals surface area (Å²) < 4.78 is 8.36. The van der Waals surface area contributed by atoms with Crippen LogP contribution >= 0.6 is 0 Å². The molecule has 0 saturated heterocycles. The fraction of sp³-hybridized carbons (Fsp3) is 0.500. The van der Waals surface area contributed by atoms with Gasteiger partial charge in [0, 0.05) is 25.7 Å². The summed E-state index contributed by atoms with van der Waals surface area (Å²) in [6.07, 6.45) is 0.571. The van der Waals surface area contributed by atoms with Crippen LogP contribution in [0.1, 0.15) is 57.0 Å². The molecule has 1 atom stereocenters. The zero-order valence-corrected chi connectivity index (χ0v) is 17.8. The molecule has 0 spiro atoms. The number of benzene rings is 1. The highest BCUT2D eigenvalue weighted by molar-refractivity contribution is 5.69. The van der Waals surface area contributed by atoms with Gasteiger partial charge in [0.05, 0.1) is 18.2 Å². The van der Waals surface area contributed by atoms with Crippen LogP contribution in [0.3, 0.4) is 0 Å². The minimum absolute atomic E-state index is 0.197. The summed E-state index contributed by atoms with van der Waals surface area (Å²) in [6, 6.07) is 8.99. The molecule has 0 aliphatic carbocycles. The van der Waals surface area contributed by atoms with E-state index in [2.05, 4.69) is 0 Å². The van der Waals surface area contributed by atoms with Crippen LogP contribution in [0.2, 0.25) is 0 Å². The van der Waals surface area contributed by atoms with E-state index in [0.717, 1.165) is 5.56 Å². The van der Waals surface area contributed by atoms with E-state index in [1.807, 2.05) is 58.0 Å². The summed E-state index contributed by atoms with van der Waals surface area (Å²) in [5, 5.41) is 0. The number of hydrogen-bond acceptors (Lipinski definition) is 4.